The first-order chi connectivity index (χ1) is 13.7. The molecule has 2 aromatic rings. The van der Waals surface area contributed by atoms with Gasteiger partial charge in [0, 0.05) is 22.3 Å². The molecule has 0 saturated heterocycles. The second-order valence-corrected chi connectivity index (χ2v) is 9.94. The molecule has 1 atom stereocenters. The zero-order chi connectivity index (χ0) is 21.4. The van der Waals surface area contributed by atoms with Crippen molar-refractivity contribution in [2.24, 2.45) is 0 Å². The molecule has 0 bridgehead atoms. The monoisotopic (exact) mass is 476 g/mol. The Labute approximate surface area is 186 Å². The minimum absolute atomic E-state index is 0.0347. The number of hydrogen-bond donors (Lipinski definition) is 1. The number of benzene rings is 2. The van der Waals surface area contributed by atoms with E-state index < -0.39 is 6.04 Å². The summed E-state index contributed by atoms with van der Waals surface area (Å²) in [5.41, 5.74) is 1.83. The minimum atomic E-state index is -0.546. The highest BCUT2D eigenvalue weighted by molar-refractivity contribution is 9.10. The summed E-state index contributed by atoms with van der Waals surface area (Å²) in [5, 5.41) is 2.98. The lowest BCUT2D eigenvalue weighted by molar-refractivity contribution is -0.139. The molecule has 2 rings (SSSR count). The Bertz CT molecular complexity index is 804. The number of halogens is 1. The van der Waals surface area contributed by atoms with Crippen LogP contribution < -0.4 is 5.32 Å². The van der Waals surface area contributed by atoms with Gasteiger partial charge in [0.1, 0.15) is 6.04 Å². The molecule has 29 heavy (non-hydrogen) atoms. The molecule has 0 aliphatic rings. The number of thioether (sulfide) groups is 1. The number of nitrogens with zero attached hydrogens (tertiary/aromatic N) is 1. The van der Waals surface area contributed by atoms with Crippen molar-refractivity contribution in [3.05, 3.63) is 70.2 Å². The van der Waals surface area contributed by atoms with Gasteiger partial charge in [-0.15, -0.1) is 11.8 Å². The lowest BCUT2D eigenvalue weighted by atomic mass is 10.1. The Balaban J connectivity index is 2.05. The van der Waals surface area contributed by atoms with Gasteiger partial charge in [-0.05, 0) is 51.0 Å². The van der Waals surface area contributed by atoms with Crippen LogP contribution in [0.25, 0.3) is 0 Å². The van der Waals surface area contributed by atoms with Gasteiger partial charge in [-0.25, -0.2) is 0 Å². The normalized spacial score (nSPS) is 12.3. The van der Waals surface area contributed by atoms with Crippen LogP contribution >= 0.6 is 27.7 Å². The van der Waals surface area contributed by atoms with E-state index in [1.807, 2.05) is 75.4 Å². The van der Waals surface area contributed by atoms with Gasteiger partial charge in [0.05, 0.1) is 5.75 Å². The van der Waals surface area contributed by atoms with Crippen LogP contribution in [0.2, 0.25) is 0 Å². The number of amides is 2. The molecule has 4 nitrogen and oxygen atoms in total. The summed E-state index contributed by atoms with van der Waals surface area (Å²) in [4.78, 5) is 27.4. The highest BCUT2D eigenvalue weighted by atomic mass is 79.9. The zero-order valence-corrected chi connectivity index (χ0v) is 19.8. The van der Waals surface area contributed by atoms with Crippen molar-refractivity contribution in [3.63, 3.8) is 0 Å². The third-order valence-corrected chi connectivity index (χ3v) is 5.79. The molecular formula is C23H29BrN2O2S. The summed E-state index contributed by atoms with van der Waals surface area (Å²) in [7, 11) is 0. The molecule has 0 spiro atoms. The van der Waals surface area contributed by atoms with Crippen LogP contribution in [0.4, 0.5) is 0 Å². The number of hydrogen-bond acceptors (Lipinski definition) is 3. The SMILES string of the molecule is CC(C(=O)NC(C)(C)C)N(Cc1ccccc1)C(=O)CSCc1ccc(Br)cc1. The standard InChI is InChI=1S/C23H29BrN2O2S/c1-17(22(28)25-23(2,3)4)26(14-18-8-6-5-7-9-18)21(27)16-29-15-19-10-12-20(24)13-11-19/h5-13,17H,14-16H2,1-4H3,(H,25,28). The Morgan fingerprint density at radius 3 is 2.24 bits per heavy atom. The van der Waals surface area contributed by atoms with E-state index in [9.17, 15) is 9.59 Å². The highest BCUT2D eigenvalue weighted by Gasteiger charge is 2.28. The van der Waals surface area contributed by atoms with Gasteiger partial charge >= 0.3 is 0 Å². The number of carbonyl (C=O) groups excluding carboxylic acids is 2. The summed E-state index contributed by atoms with van der Waals surface area (Å²) in [5.74, 6) is 0.906. The molecule has 0 aliphatic carbocycles. The maximum atomic E-state index is 13.0. The predicted molar refractivity (Wildman–Crippen MR) is 125 cm³/mol. The fraction of sp³-hybridized carbons (Fsp3) is 0.391. The van der Waals surface area contributed by atoms with Gasteiger partial charge in [-0.3, -0.25) is 9.59 Å². The molecule has 1 unspecified atom stereocenters. The third kappa shape index (κ3) is 8.23. The van der Waals surface area contributed by atoms with Crippen molar-refractivity contribution < 1.29 is 9.59 Å². The largest absolute Gasteiger partial charge is 0.350 e. The van der Waals surface area contributed by atoms with Crippen molar-refractivity contribution >= 4 is 39.5 Å². The topological polar surface area (TPSA) is 49.4 Å². The first-order valence-electron chi connectivity index (χ1n) is 9.63. The Morgan fingerprint density at radius 2 is 1.66 bits per heavy atom. The van der Waals surface area contributed by atoms with Gasteiger partial charge in [0.25, 0.3) is 0 Å². The second kappa shape index (κ2) is 10.8. The first-order valence-corrected chi connectivity index (χ1v) is 11.6. The maximum absolute atomic E-state index is 13.0. The fourth-order valence-corrected chi connectivity index (χ4v) is 3.89. The third-order valence-electron chi connectivity index (χ3n) is 4.27. The van der Waals surface area contributed by atoms with Crippen LogP contribution in [-0.2, 0) is 21.9 Å². The average molecular weight is 477 g/mol. The molecule has 6 heteroatoms. The van der Waals surface area contributed by atoms with Crippen LogP contribution in [0, 0.1) is 0 Å². The van der Waals surface area contributed by atoms with Crippen molar-refractivity contribution in [1.29, 1.82) is 0 Å². The Hall–Kier alpha value is -1.79. The van der Waals surface area contributed by atoms with Crippen LogP contribution in [0.3, 0.4) is 0 Å². The van der Waals surface area contributed by atoms with E-state index in [-0.39, 0.29) is 17.4 Å². The molecule has 1 N–H and O–H groups in total. The Morgan fingerprint density at radius 1 is 1.03 bits per heavy atom. The molecule has 0 fully saturated rings. The summed E-state index contributed by atoms with van der Waals surface area (Å²) < 4.78 is 1.04. The van der Waals surface area contributed by atoms with Crippen LogP contribution in [-0.4, -0.2) is 34.0 Å². The summed E-state index contributed by atoms with van der Waals surface area (Å²) in [6.07, 6.45) is 0. The van der Waals surface area contributed by atoms with Crippen molar-refractivity contribution in [3.8, 4) is 0 Å². The van der Waals surface area contributed by atoms with Crippen molar-refractivity contribution in [2.75, 3.05) is 5.75 Å². The van der Waals surface area contributed by atoms with E-state index in [0.29, 0.717) is 12.3 Å². The lowest BCUT2D eigenvalue weighted by Crippen LogP contribution is -2.52. The molecular weight excluding hydrogens is 448 g/mol. The molecule has 156 valence electrons. The van der Waals surface area contributed by atoms with E-state index in [4.69, 9.17) is 0 Å². The van der Waals surface area contributed by atoms with Gasteiger partial charge < -0.3 is 10.2 Å². The first kappa shape index (κ1) is 23.5. The molecule has 0 aliphatic heterocycles. The van der Waals surface area contributed by atoms with Gasteiger partial charge in [0.15, 0.2) is 0 Å². The molecule has 2 amide bonds. The summed E-state index contributed by atoms with van der Waals surface area (Å²) in [6, 6.07) is 17.3. The van der Waals surface area contributed by atoms with Crippen LogP contribution in [0.5, 0.6) is 0 Å². The van der Waals surface area contributed by atoms with Gasteiger partial charge in [0.2, 0.25) is 11.8 Å². The maximum Gasteiger partial charge on any atom is 0.242 e. The average Bonchev–Trinajstić information content (AvgIpc) is 2.66. The molecule has 0 radical (unpaired) electrons. The van der Waals surface area contributed by atoms with E-state index in [0.717, 1.165) is 15.8 Å². The fourth-order valence-electron chi connectivity index (χ4n) is 2.76. The van der Waals surface area contributed by atoms with Gasteiger partial charge in [-0.2, -0.15) is 0 Å². The predicted octanol–water partition coefficient (Wildman–Crippen LogP) is 5.01. The lowest BCUT2D eigenvalue weighted by Gasteiger charge is -2.31. The van der Waals surface area contributed by atoms with Crippen LogP contribution in [0.15, 0.2) is 59.1 Å². The van der Waals surface area contributed by atoms with Crippen molar-refractivity contribution in [1.82, 2.24) is 10.2 Å². The molecule has 0 saturated carbocycles. The van der Waals surface area contributed by atoms with Gasteiger partial charge in [-0.1, -0.05) is 58.4 Å². The van der Waals surface area contributed by atoms with E-state index in [1.54, 1.807) is 23.6 Å². The van der Waals surface area contributed by atoms with Crippen molar-refractivity contribution in [2.45, 2.75) is 51.6 Å². The molecule has 0 heterocycles. The van der Waals surface area contributed by atoms with E-state index in [2.05, 4.69) is 21.2 Å². The highest BCUT2D eigenvalue weighted by Crippen LogP contribution is 2.18. The summed E-state index contributed by atoms with van der Waals surface area (Å²) in [6.45, 7) is 8.03. The quantitative estimate of drug-likeness (QED) is 0.581. The molecule has 2 aromatic carbocycles. The molecule has 0 aromatic heterocycles. The number of nitrogens with one attached hydrogen (secondary N) is 1. The Kier molecular flexibility index (Phi) is 8.78. The number of carbonyl (C=O) groups is 2. The van der Waals surface area contributed by atoms with Crippen LogP contribution in [0.1, 0.15) is 38.8 Å². The van der Waals surface area contributed by atoms with E-state index in [1.165, 1.54) is 5.56 Å². The zero-order valence-electron chi connectivity index (χ0n) is 17.4. The second-order valence-electron chi connectivity index (χ2n) is 8.04. The smallest absolute Gasteiger partial charge is 0.242 e. The van der Waals surface area contributed by atoms with E-state index >= 15 is 0 Å². The summed E-state index contributed by atoms with van der Waals surface area (Å²) >= 11 is 5.00. The minimum Gasteiger partial charge on any atom is -0.350 e. The number of rotatable bonds is 8.